The van der Waals surface area contributed by atoms with Crippen molar-refractivity contribution in [1.82, 2.24) is 19.9 Å². The van der Waals surface area contributed by atoms with E-state index >= 15 is 0 Å². The molecule has 6 nitrogen and oxygen atoms in total. The van der Waals surface area contributed by atoms with Gasteiger partial charge in [-0.2, -0.15) is 13.2 Å². The van der Waals surface area contributed by atoms with E-state index < -0.39 is 11.7 Å². The highest BCUT2D eigenvalue weighted by atomic mass is 19.4. The molecule has 0 aliphatic carbocycles. The lowest BCUT2D eigenvalue weighted by Gasteiger charge is -2.19. The van der Waals surface area contributed by atoms with Crippen molar-refractivity contribution in [1.29, 1.82) is 0 Å². The Hall–Kier alpha value is -3.46. The Morgan fingerprint density at radius 3 is 2.50 bits per heavy atom. The second-order valence-electron chi connectivity index (χ2n) is 6.89. The number of hydrogen-bond donors (Lipinski definition) is 2. The third kappa shape index (κ3) is 3.97. The standard InChI is InChI=1S/C21H18F3N5O/c1-29(10-14-3-2-4-16(9-14)21(22,23)24)20-17-19(25-12-26-20)28-18(27-17)15-7-5-13(11-30)6-8-15/h2-9,12,30H,10-11H2,1H3,(H,25,26,27,28). The smallest absolute Gasteiger partial charge is 0.392 e. The van der Waals surface area contributed by atoms with Crippen LogP contribution in [0.15, 0.2) is 54.9 Å². The van der Waals surface area contributed by atoms with Crippen molar-refractivity contribution in [2.24, 2.45) is 0 Å². The van der Waals surface area contributed by atoms with Crippen LogP contribution in [0.1, 0.15) is 16.7 Å². The topological polar surface area (TPSA) is 77.9 Å². The number of anilines is 1. The van der Waals surface area contributed by atoms with Crippen molar-refractivity contribution in [3.8, 4) is 11.4 Å². The fraction of sp³-hybridized carbons (Fsp3) is 0.190. The van der Waals surface area contributed by atoms with E-state index in [4.69, 9.17) is 0 Å². The molecular formula is C21H18F3N5O. The Balaban J connectivity index is 1.64. The SMILES string of the molecule is CN(Cc1cccc(C(F)(F)F)c1)c1ncnc2nc(-c3ccc(CO)cc3)[nH]c12. The molecule has 0 aliphatic rings. The van der Waals surface area contributed by atoms with Gasteiger partial charge in [-0.1, -0.05) is 36.4 Å². The van der Waals surface area contributed by atoms with Crippen LogP contribution in [-0.2, 0) is 19.3 Å². The van der Waals surface area contributed by atoms with Crippen molar-refractivity contribution < 1.29 is 18.3 Å². The quantitative estimate of drug-likeness (QED) is 0.514. The Labute approximate surface area is 170 Å². The number of aliphatic hydroxyl groups excluding tert-OH is 1. The Bertz CT molecular complexity index is 1170. The number of H-pyrrole nitrogens is 1. The number of imidazole rings is 1. The predicted molar refractivity (Wildman–Crippen MR) is 107 cm³/mol. The number of nitrogens with zero attached hydrogens (tertiary/aromatic N) is 4. The minimum atomic E-state index is -4.39. The molecule has 0 amide bonds. The summed E-state index contributed by atoms with van der Waals surface area (Å²) in [5, 5.41) is 9.18. The first-order chi connectivity index (χ1) is 14.3. The van der Waals surface area contributed by atoms with Crippen LogP contribution in [0.3, 0.4) is 0 Å². The van der Waals surface area contributed by atoms with E-state index in [1.807, 2.05) is 12.1 Å². The minimum Gasteiger partial charge on any atom is -0.392 e. The molecule has 0 saturated carbocycles. The minimum absolute atomic E-state index is 0.0453. The largest absolute Gasteiger partial charge is 0.416 e. The second-order valence-corrected chi connectivity index (χ2v) is 6.89. The highest BCUT2D eigenvalue weighted by Gasteiger charge is 2.30. The van der Waals surface area contributed by atoms with Crippen LogP contribution < -0.4 is 4.90 Å². The first-order valence-electron chi connectivity index (χ1n) is 9.13. The van der Waals surface area contributed by atoms with Gasteiger partial charge in [0, 0.05) is 19.2 Å². The number of aliphatic hydroxyl groups is 1. The number of hydrogen-bond acceptors (Lipinski definition) is 5. The van der Waals surface area contributed by atoms with Crippen LogP contribution in [0.5, 0.6) is 0 Å². The normalized spacial score (nSPS) is 11.8. The van der Waals surface area contributed by atoms with E-state index in [-0.39, 0.29) is 13.2 Å². The summed E-state index contributed by atoms with van der Waals surface area (Å²) in [6.45, 7) is 0.186. The van der Waals surface area contributed by atoms with E-state index in [2.05, 4.69) is 19.9 Å². The molecule has 0 radical (unpaired) electrons. The van der Waals surface area contributed by atoms with Crippen LogP contribution in [0.2, 0.25) is 0 Å². The van der Waals surface area contributed by atoms with E-state index in [9.17, 15) is 18.3 Å². The van der Waals surface area contributed by atoms with Crippen LogP contribution in [0, 0.1) is 0 Å². The van der Waals surface area contributed by atoms with Crippen molar-refractivity contribution in [3.05, 3.63) is 71.5 Å². The number of aromatic nitrogens is 4. The van der Waals surface area contributed by atoms with E-state index in [0.717, 1.165) is 23.3 Å². The number of aromatic amines is 1. The van der Waals surface area contributed by atoms with Gasteiger partial charge in [-0.15, -0.1) is 0 Å². The molecule has 0 unspecified atom stereocenters. The number of alkyl halides is 3. The van der Waals surface area contributed by atoms with E-state index in [1.54, 1.807) is 30.1 Å². The maximum Gasteiger partial charge on any atom is 0.416 e. The summed E-state index contributed by atoms with van der Waals surface area (Å²) in [5.41, 5.74) is 2.48. The predicted octanol–water partition coefficient (Wildman–Crippen LogP) is 4.17. The summed E-state index contributed by atoms with van der Waals surface area (Å²) >= 11 is 0. The molecule has 0 spiro atoms. The lowest BCUT2D eigenvalue weighted by atomic mass is 10.1. The molecule has 30 heavy (non-hydrogen) atoms. The lowest BCUT2D eigenvalue weighted by molar-refractivity contribution is -0.137. The van der Waals surface area contributed by atoms with Gasteiger partial charge >= 0.3 is 6.18 Å². The fourth-order valence-corrected chi connectivity index (χ4v) is 3.21. The summed E-state index contributed by atoms with van der Waals surface area (Å²) in [7, 11) is 1.75. The maximum atomic E-state index is 13.0. The lowest BCUT2D eigenvalue weighted by Crippen LogP contribution is -2.18. The summed E-state index contributed by atoms with van der Waals surface area (Å²) < 4.78 is 39.0. The molecule has 0 bridgehead atoms. The molecule has 9 heteroatoms. The van der Waals surface area contributed by atoms with Crippen LogP contribution in [0.4, 0.5) is 19.0 Å². The molecule has 0 atom stereocenters. The molecule has 154 valence electrons. The zero-order valence-corrected chi connectivity index (χ0v) is 16.0. The van der Waals surface area contributed by atoms with Gasteiger partial charge in [0.2, 0.25) is 0 Å². The molecule has 0 aliphatic heterocycles. The van der Waals surface area contributed by atoms with Gasteiger partial charge in [-0.05, 0) is 23.3 Å². The highest BCUT2D eigenvalue weighted by Crippen LogP contribution is 2.30. The highest BCUT2D eigenvalue weighted by molar-refractivity contribution is 5.85. The molecule has 2 N–H and O–H groups in total. The van der Waals surface area contributed by atoms with Gasteiger partial charge in [-0.25, -0.2) is 15.0 Å². The van der Waals surface area contributed by atoms with Gasteiger partial charge in [0.15, 0.2) is 11.5 Å². The second kappa shape index (κ2) is 7.75. The molecule has 4 rings (SSSR count). The molecule has 0 fully saturated rings. The average Bonchev–Trinajstić information content (AvgIpc) is 3.17. The maximum absolute atomic E-state index is 13.0. The van der Waals surface area contributed by atoms with E-state index in [1.165, 1.54) is 12.4 Å². The van der Waals surface area contributed by atoms with Crippen LogP contribution in [-0.4, -0.2) is 32.1 Å². The van der Waals surface area contributed by atoms with Crippen LogP contribution in [0.25, 0.3) is 22.6 Å². The average molecular weight is 413 g/mol. The first kappa shape index (κ1) is 19.8. The van der Waals surface area contributed by atoms with Gasteiger partial charge < -0.3 is 15.0 Å². The number of benzene rings is 2. The molecular weight excluding hydrogens is 395 g/mol. The van der Waals surface area contributed by atoms with Gasteiger partial charge in [0.05, 0.1) is 12.2 Å². The number of fused-ring (bicyclic) bond motifs is 1. The Kier molecular flexibility index (Phi) is 5.13. The van der Waals surface area contributed by atoms with Gasteiger partial charge in [-0.3, -0.25) is 0 Å². The third-order valence-electron chi connectivity index (χ3n) is 4.71. The number of nitrogens with one attached hydrogen (secondary N) is 1. The number of rotatable bonds is 5. The van der Waals surface area contributed by atoms with Gasteiger partial charge in [0.25, 0.3) is 0 Å². The summed E-state index contributed by atoms with van der Waals surface area (Å²) in [5.74, 6) is 1.12. The first-order valence-corrected chi connectivity index (χ1v) is 9.13. The van der Waals surface area contributed by atoms with Crippen molar-refractivity contribution in [2.45, 2.75) is 19.3 Å². The summed E-state index contributed by atoms with van der Waals surface area (Å²) in [6.07, 6.45) is -3.01. The molecule has 2 heterocycles. The number of halogens is 3. The summed E-state index contributed by atoms with van der Waals surface area (Å²) in [4.78, 5) is 17.9. The monoisotopic (exact) mass is 413 g/mol. The molecule has 2 aromatic heterocycles. The van der Waals surface area contributed by atoms with Crippen molar-refractivity contribution in [3.63, 3.8) is 0 Å². The van der Waals surface area contributed by atoms with Crippen molar-refractivity contribution in [2.75, 3.05) is 11.9 Å². The third-order valence-corrected chi connectivity index (χ3v) is 4.71. The van der Waals surface area contributed by atoms with Crippen molar-refractivity contribution >= 4 is 17.0 Å². The Morgan fingerprint density at radius 2 is 1.80 bits per heavy atom. The molecule has 4 aromatic rings. The zero-order valence-electron chi connectivity index (χ0n) is 16.0. The van der Waals surface area contributed by atoms with Crippen LogP contribution >= 0.6 is 0 Å². The molecule has 0 saturated heterocycles. The Morgan fingerprint density at radius 1 is 1.03 bits per heavy atom. The van der Waals surface area contributed by atoms with E-state index in [0.29, 0.717) is 28.4 Å². The van der Waals surface area contributed by atoms with Gasteiger partial charge in [0.1, 0.15) is 17.7 Å². The summed E-state index contributed by atoms with van der Waals surface area (Å²) in [6, 6.07) is 12.5. The molecule has 2 aromatic carbocycles. The zero-order chi connectivity index (χ0) is 21.3. The fourth-order valence-electron chi connectivity index (χ4n) is 3.21.